The molecule has 33 heavy (non-hydrogen) atoms. The molecule has 4 rings (SSSR count). The minimum absolute atomic E-state index is 0.145. The first-order valence-corrected chi connectivity index (χ1v) is 10.7. The van der Waals surface area contributed by atoms with Crippen LogP contribution in [0.4, 0.5) is 14.5 Å². The van der Waals surface area contributed by atoms with Gasteiger partial charge in [-0.1, -0.05) is 0 Å². The van der Waals surface area contributed by atoms with E-state index in [0.29, 0.717) is 22.6 Å². The van der Waals surface area contributed by atoms with Crippen molar-refractivity contribution in [1.82, 2.24) is 20.3 Å². The normalized spacial score (nSPS) is 18.0. The zero-order chi connectivity index (χ0) is 23.4. The predicted octanol–water partition coefficient (Wildman–Crippen LogP) is 3.75. The van der Waals surface area contributed by atoms with Crippen LogP contribution in [0.3, 0.4) is 0 Å². The van der Waals surface area contributed by atoms with Gasteiger partial charge in [-0.3, -0.25) is 14.5 Å². The van der Waals surface area contributed by atoms with Crippen molar-refractivity contribution >= 4 is 29.1 Å². The molecule has 172 valence electrons. The highest BCUT2D eigenvalue weighted by Crippen LogP contribution is 2.36. The first-order valence-electron chi connectivity index (χ1n) is 10.2. The minimum Gasteiger partial charge on any atom is -0.444 e. The molecule has 0 aliphatic heterocycles. The summed E-state index contributed by atoms with van der Waals surface area (Å²) in [6, 6.07) is 4.77. The number of alkyl halides is 3. The molecule has 1 aliphatic carbocycles. The Bertz CT molecular complexity index is 1100. The second-order valence-electron chi connectivity index (χ2n) is 7.69. The van der Waals surface area contributed by atoms with Crippen LogP contribution in [0.5, 0.6) is 0 Å². The lowest BCUT2D eigenvalue weighted by Gasteiger charge is -2.31. The van der Waals surface area contributed by atoms with Crippen molar-refractivity contribution < 1.29 is 22.8 Å². The van der Waals surface area contributed by atoms with E-state index >= 15 is 0 Å². The summed E-state index contributed by atoms with van der Waals surface area (Å²) < 4.78 is 32.6. The van der Waals surface area contributed by atoms with Crippen LogP contribution in [0.15, 0.2) is 60.0 Å². The summed E-state index contributed by atoms with van der Waals surface area (Å²) in [5.74, 6) is -3.87. The summed E-state index contributed by atoms with van der Waals surface area (Å²) in [7, 11) is 0. The Labute approximate surface area is 193 Å². The zero-order valence-electron chi connectivity index (χ0n) is 17.3. The third-order valence-electron chi connectivity index (χ3n) is 5.40. The molecule has 1 aliphatic rings. The van der Waals surface area contributed by atoms with Crippen LogP contribution in [0.2, 0.25) is 0 Å². The van der Waals surface area contributed by atoms with Gasteiger partial charge in [0.05, 0.1) is 6.20 Å². The van der Waals surface area contributed by atoms with Crippen LogP contribution < -0.4 is 10.2 Å². The molecule has 1 saturated carbocycles. The van der Waals surface area contributed by atoms with Gasteiger partial charge in [-0.05, 0) is 30.7 Å². The van der Waals surface area contributed by atoms with Crippen LogP contribution >= 0.6 is 11.6 Å². The number of hydrogen-bond acceptors (Lipinski definition) is 6. The summed E-state index contributed by atoms with van der Waals surface area (Å²) >= 11 is 5.88. The lowest BCUT2D eigenvalue weighted by Crippen LogP contribution is -2.47. The molecule has 1 aromatic carbocycles. The maximum Gasteiger partial charge on any atom is 0.250 e. The Morgan fingerprint density at radius 2 is 1.91 bits per heavy atom. The number of nitrogens with zero attached hydrogens (tertiary/aromatic N) is 4. The highest BCUT2D eigenvalue weighted by atomic mass is 35.5. The Kier molecular flexibility index (Phi) is 6.64. The van der Waals surface area contributed by atoms with E-state index in [0.717, 1.165) is 0 Å². The van der Waals surface area contributed by atoms with E-state index in [-0.39, 0.29) is 12.8 Å². The van der Waals surface area contributed by atoms with Gasteiger partial charge in [0, 0.05) is 48.1 Å². The Balaban J connectivity index is 1.68. The van der Waals surface area contributed by atoms with E-state index in [1.165, 1.54) is 30.0 Å². The van der Waals surface area contributed by atoms with Gasteiger partial charge in [-0.15, -0.1) is 11.6 Å². The highest BCUT2D eigenvalue weighted by Gasteiger charge is 2.42. The van der Waals surface area contributed by atoms with Gasteiger partial charge in [0.15, 0.2) is 12.2 Å². The largest absolute Gasteiger partial charge is 0.444 e. The minimum atomic E-state index is -2.83. The smallest absolute Gasteiger partial charge is 0.250 e. The van der Waals surface area contributed by atoms with Gasteiger partial charge < -0.3 is 9.73 Å². The second-order valence-corrected chi connectivity index (χ2v) is 7.96. The third kappa shape index (κ3) is 5.16. The number of oxazole rings is 1. The molecule has 1 fully saturated rings. The summed E-state index contributed by atoms with van der Waals surface area (Å²) in [5, 5.41) is 2.66. The van der Waals surface area contributed by atoms with Gasteiger partial charge in [0.2, 0.25) is 17.7 Å². The molecule has 11 heteroatoms. The summed E-state index contributed by atoms with van der Waals surface area (Å²) in [6.45, 7) is 0. The number of benzene rings is 1. The quantitative estimate of drug-likeness (QED) is 0.522. The fourth-order valence-electron chi connectivity index (χ4n) is 3.87. The Morgan fingerprint density at radius 1 is 1.18 bits per heavy atom. The highest BCUT2D eigenvalue weighted by molar-refractivity contribution is 6.29. The number of nitrogens with one attached hydrogen (secondary N) is 1. The molecule has 2 heterocycles. The standard InChI is InChI=1S/C22H20ClF2N5O3/c23-8-19(31)30(17-3-1-14(2-4-17)18-11-28-13-33-18)20(15-9-26-12-27-10-15)21(32)29-16-5-6-22(24,25)7-16/h1-4,9-13,16,20H,5-8H2,(H,29,32). The lowest BCUT2D eigenvalue weighted by atomic mass is 10.0. The number of carbonyl (C=O) groups is 2. The van der Waals surface area contributed by atoms with Crippen molar-refractivity contribution in [2.24, 2.45) is 0 Å². The van der Waals surface area contributed by atoms with Crippen LogP contribution in [0, 0.1) is 0 Å². The van der Waals surface area contributed by atoms with Crippen molar-refractivity contribution in [2.45, 2.75) is 37.3 Å². The molecule has 0 spiro atoms. The second kappa shape index (κ2) is 9.62. The van der Waals surface area contributed by atoms with E-state index in [9.17, 15) is 18.4 Å². The first-order chi connectivity index (χ1) is 15.9. The maximum absolute atomic E-state index is 13.7. The number of carbonyl (C=O) groups excluding carboxylic acids is 2. The monoisotopic (exact) mass is 475 g/mol. The summed E-state index contributed by atoms with van der Waals surface area (Å²) in [4.78, 5) is 39.2. The van der Waals surface area contributed by atoms with Gasteiger partial charge in [-0.2, -0.15) is 0 Å². The lowest BCUT2D eigenvalue weighted by molar-refractivity contribution is -0.126. The van der Waals surface area contributed by atoms with Gasteiger partial charge in [0.1, 0.15) is 18.2 Å². The molecule has 1 N–H and O–H groups in total. The summed E-state index contributed by atoms with van der Waals surface area (Å²) in [5.41, 5.74) is 1.41. The van der Waals surface area contributed by atoms with Gasteiger partial charge >= 0.3 is 0 Å². The molecule has 0 saturated heterocycles. The van der Waals surface area contributed by atoms with Crippen LogP contribution in [0.1, 0.15) is 30.9 Å². The fraction of sp³-hybridized carbons (Fsp3) is 0.318. The first kappa shape index (κ1) is 22.8. The van der Waals surface area contributed by atoms with Crippen molar-refractivity contribution in [2.75, 3.05) is 10.8 Å². The molecule has 0 bridgehead atoms. The van der Waals surface area contributed by atoms with Crippen LogP contribution in [-0.4, -0.2) is 44.6 Å². The molecule has 0 radical (unpaired) electrons. The molecular formula is C22H20ClF2N5O3. The number of rotatable bonds is 7. The van der Waals surface area contributed by atoms with Crippen molar-refractivity contribution in [3.05, 3.63) is 61.1 Å². The molecule has 8 nitrogen and oxygen atoms in total. The van der Waals surface area contributed by atoms with E-state index in [4.69, 9.17) is 16.0 Å². The van der Waals surface area contributed by atoms with E-state index in [2.05, 4.69) is 20.3 Å². The number of anilines is 1. The molecule has 3 aromatic rings. The van der Waals surface area contributed by atoms with Crippen molar-refractivity contribution in [3.8, 4) is 11.3 Å². The average molecular weight is 476 g/mol. The maximum atomic E-state index is 13.7. The summed E-state index contributed by atoms with van der Waals surface area (Å²) in [6.07, 6.45) is 6.33. The number of aromatic nitrogens is 3. The molecule has 2 amide bonds. The predicted molar refractivity (Wildman–Crippen MR) is 116 cm³/mol. The average Bonchev–Trinajstić information content (AvgIpc) is 3.47. The van der Waals surface area contributed by atoms with E-state index in [1.54, 1.807) is 30.5 Å². The molecule has 2 atom stereocenters. The SMILES string of the molecule is O=C(NC1CCC(F)(F)C1)C(c1cncnc1)N(C(=O)CCl)c1ccc(-c2cnco2)cc1. The molecular weight excluding hydrogens is 456 g/mol. The number of halogens is 3. The van der Waals surface area contributed by atoms with Crippen molar-refractivity contribution in [3.63, 3.8) is 0 Å². The molecule has 2 unspecified atom stereocenters. The van der Waals surface area contributed by atoms with Gasteiger partial charge in [0.25, 0.3) is 0 Å². The zero-order valence-corrected chi connectivity index (χ0v) is 18.1. The van der Waals surface area contributed by atoms with E-state index in [1.807, 2.05) is 0 Å². The van der Waals surface area contributed by atoms with Gasteiger partial charge in [-0.25, -0.2) is 23.7 Å². The molecule has 2 aromatic heterocycles. The van der Waals surface area contributed by atoms with Crippen molar-refractivity contribution in [1.29, 1.82) is 0 Å². The Hall–Kier alpha value is -3.40. The van der Waals surface area contributed by atoms with Crippen LogP contribution in [0.25, 0.3) is 11.3 Å². The fourth-order valence-corrected chi connectivity index (χ4v) is 4.00. The Morgan fingerprint density at radius 3 is 2.48 bits per heavy atom. The third-order valence-corrected chi connectivity index (χ3v) is 5.63. The number of amides is 2. The van der Waals surface area contributed by atoms with E-state index < -0.39 is 42.1 Å². The topological polar surface area (TPSA) is 101 Å². The van der Waals surface area contributed by atoms with Crippen LogP contribution in [-0.2, 0) is 9.59 Å². The number of hydrogen-bond donors (Lipinski definition) is 1.